The average molecular weight is 208 g/mol. The molecule has 0 aliphatic rings. The van der Waals surface area contributed by atoms with Gasteiger partial charge in [-0.25, -0.2) is 4.79 Å². The van der Waals surface area contributed by atoms with E-state index >= 15 is 0 Å². The summed E-state index contributed by atoms with van der Waals surface area (Å²) in [5.41, 5.74) is 1.06. The van der Waals surface area contributed by atoms with Crippen LogP contribution in [0.3, 0.4) is 0 Å². The Balaban J connectivity index is 2.69. The zero-order valence-corrected chi connectivity index (χ0v) is 9.06. The molecule has 15 heavy (non-hydrogen) atoms. The molecule has 1 aromatic rings. The quantitative estimate of drug-likeness (QED) is 0.809. The fraction of sp³-hybridized carbons (Fsp3) is 0.417. The Morgan fingerprint density at radius 2 is 2.27 bits per heavy atom. The summed E-state index contributed by atoms with van der Waals surface area (Å²) in [6.07, 6.45) is 0.586. The molecule has 0 aliphatic carbocycles. The lowest BCUT2D eigenvalue weighted by Gasteiger charge is -2.14. The first kappa shape index (κ1) is 11.6. The maximum atomic E-state index is 10.9. The molecule has 1 atom stereocenters. The molecule has 0 aliphatic heterocycles. The van der Waals surface area contributed by atoms with Gasteiger partial charge in [0.1, 0.15) is 5.75 Å². The van der Waals surface area contributed by atoms with Gasteiger partial charge in [-0.05, 0) is 31.0 Å². The third-order valence-electron chi connectivity index (χ3n) is 2.09. The second-order valence-electron chi connectivity index (χ2n) is 3.55. The standard InChI is InChI=1S/C12H16O3/c1-3-5-11(12(13)14)15-10-7-4-6-9(2)8-10/h4,6-8,11H,3,5H2,1-2H3,(H,13,14). The van der Waals surface area contributed by atoms with Crippen LogP contribution in [-0.2, 0) is 4.79 Å². The van der Waals surface area contributed by atoms with Gasteiger partial charge in [0.05, 0.1) is 0 Å². The van der Waals surface area contributed by atoms with Crippen LogP contribution in [0.1, 0.15) is 25.3 Å². The van der Waals surface area contributed by atoms with E-state index in [2.05, 4.69) is 0 Å². The van der Waals surface area contributed by atoms with Crippen LogP contribution in [0.25, 0.3) is 0 Å². The van der Waals surface area contributed by atoms with Gasteiger partial charge >= 0.3 is 5.97 Å². The normalized spacial score (nSPS) is 12.1. The van der Waals surface area contributed by atoms with Gasteiger partial charge in [0.25, 0.3) is 0 Å². The second kappa shape index (κ2) is 5.39. The van der Waals surface area contributed by atoms with E-state index in [0.29, 0.717) is 12.2 Å². The number of rotatable bonds is 5. The molecule has 0 saturated heterocycles. The summed E-state index contributed by atoms with van der Waals surface area (Å²) in [7, 11) is 0. The minimum absolute atomic E-state index is 0.531. The summed E-state index contributed by atoms with van der Waals surface area (Å²) >= 11 is 0. The van der Waals surface area contributed by atoms with E-state index in [1.54, 1.807) is 6.07 Å². The van der Waals surface area contributed by atoms with Crippen LogP contribution in [0.15, 0.2) is 24.3 Å². The monoisotopic (exact) mass is 208 g/mol. The van der Waals surface area contributed by atoms with Crippen LogP contribution in [0.4, 0.5) is 0 Å². The first-order chi connectivity index (χ1) is 7.13. The Morgan fingerprint density at radius 3 is 2.80 bits per heavy atom. The molecule has 0 fully saturated rings. The van der Waals surface area contributed by atoms with Gasteiger partial charge in [-0.3, -0.25) is 0 Å². The van der Waals surface area contributed by atoms with E-state index in [1.807, 2.05) is 32.0 Å². The maximum Gasteiger partial charge on any atom is 0.344 e. The molecule has 0 heterocycles. The van der Waals surface area contributed by atoms with Crippen molar-refractivity contribution >= 4 is 5.97 Å². The number of aryl methyl sites for hydroxylation is 1. The van der Waals surface area contributed by atoms with Crippen LogP contribution >= 0.6 is 0 Å². The van der Waals surface area contributed by atoms with Gasteiger partial charge in [0.15, 0.2) is 6.10 Å². The number of carboxylic acids is 1. The molecule has 0 spiro atoms. The highest BCUT2D eigenvalue weighted by molar-refractivity contribution is 5.72. The van der Waals surface area contributed by atoms with Gasteiger partial charge in [-0.15, -0.1) is 0 Å². The molecule has 0 amide bonds. The van der Waals surface area contributed by atoms with Crippen molar-refractivity contribution in [2.75, 3.05) is 0 Å². The molecule has 1 N–H and O–H groups in total. The molecular formula is C12H16O3. The molecule has 1 aromatic carbocycles. The topological polar surface area (TPSA) is 46.5 Å². The van der Waals surface area contributed by atoms with Crippen LogP contribution in [0.2, 0.25) is 0 Å². The maximum absolute atomic E-state index is 10.9. The Labute approximate surface area is 89.7 Å². The second-order valence-corrected chi connectivity index (χ2v) is 3.55. The van der Waals surface area contributed by atoms with E-state index in [1.165, 1.54) is 0 Å². The zero-order chi connectivity index (χ0) is 11.3. The van der Waals surface area contributed by atoms with Crippen molar-refractivity contribution < 1.29 is 14.6 Å². The fourth-order valence-corrected chi connectivity index (χ4v) is 1.35. The molecule has 1 unspecified atom stereocenters. The van der Waals surface area contributed by atoms with Crippen molar-refractivity contribution in [3.63, 3.8) is 0 Å². The van der Waals surface area contributed by atoms with Crippen LogP contribution in [0.5, 0.6) is 5.75 Å². The lowest BCUT2D eigenvalue weighted by atomic mass is 10.2. The van der Waals surface area contributed by atoms with Crippen LogP contribution in [-0.4, -0.2) is 17.2 Å². The molecule has 0 saturated carbocycles. The van der Waals surface area contributed by atoms with Crippen molar-refractivity contribution in [1.82, 2.24) is 0 Å². The largest absolute Gasteiger partial charge is 0.479 e. The molecule has 3 nitrogen and oxygen atoms in total. The highest BCUT2D eigenvalue weighted by Gasteiger charge is 2.17. The predicted octanol–water partition coefficient (Wildman–Crippen LogP) is 2.63. The third-order valence-corrected chi connectivity index (χ3v) is 2.09. The molecule has 0 bridgehead atoms. The number of benzene rings is 1. The average Bonchev–Trinajstić information content (AvgIpc) is 2.17. The van der Waals surface area contributed by atoms with E-state index in [9.17, 15) is 4.79 Å². The summed E-state index contributed by atoms with van der Waals surface area (Å²) in [6, 6.07) is 7.42. The third kappa shape index (κ3) is 3.62. The lowest BCUT2D eigenvalue weighted by Crippen LogP contribution is -2.26. The van der Waals surface area contributed by atoms with Gasteiger partial charge in [0.2, 0.25) is 0 Å². The summed E-state index contributed by atoms with van der Waals surface area (Å²) in [6.45, 7) is 3.89. The fourth-order valence-electron chi connectivity index (χ4n) is 1.35. The highest BCUT2D eigenvalue weighted by atomic mass is 16.5. The SMILES string of the molecule is CCCC(Oc1cccc(C)c1)C(=O)O. The number of ether oxygens (including phenoxy) is 1. The first-order valence-electron chi connectivity index (χ1n) is 5.09. The predicted molar refractivity (Wildman–Crippen MR) is 58.1 cm³/mol. The van der Waals surface area contributed by atoms with E-state index in [-0.39, 0.29) is 0 Å². The van der Waals surface area contributed by atoms with Gasteiger partial charge in [-0.1, -0.05) is 25.5 Å². The van der Waals surface area contributed by atoms with Crippen molar-refractivity contribution in [2.24, 2.45) is 0 Å². The van der Waals surface area contributed by atoms with Crippen molar-refractivity contribution in [1.29, 1.82) is 0 Å². The lowest BCUT2D eigenvalue weighted by molar-refractivity contribution is -0.145. The first-order valence-corrected chi connectivity index (χ1v) is 5.09. The zero-order valence-electron chi connectivity index (χ0n) is 9.06. The molecule has 0 aromatic heterocycles. The molecule has 3 heteroatoms. The Kier molecular flexibility index (Phi) is 4.16. The number of carboxylic acid groups (broad SMARTS) is 1. The number of aliphatic carboxylic acids is 1. The number of hydrogen-bond acceptors (Lipinski definition) is 2. The van der Waals surface area contributed by atoms with Gasteiger partial charge < -0.3 is 9.84 Å². The number of carbonyl (C=O) groups is 1. The van der Waals surface area contributed by atoms with Gasteiger partial charge in [0, 0.05) is 0 Å². The van der Waals surface area contributed by atoms with Crippen molar-refractivity contribution in [3.8, 4) is 5.75 Å². The van der Waals surface area contributed by atoms with E-state index in [0.717, 1.165) is 12.0 Å². The molecular weight excluding hydrogens is 192 g/mol. The van der Waals surface area contributed by atoms with Crippen molar-refractivity contribution in [2.45, 2.75) is 32.8 Å². The van der Waals surface area contributed by atoms with Crippen LogP contribution in [0, 0.1) is 6.92 Å². The molecule has 82 valence electrons. The van der Waals surface area contributed by atoms with E-state index in [4.69, 9.17) is 9.84 Å². The van der Waals surface area contributed by atoms with Gasteiger partial charge in [-0.2, -0.15) is 0 Å². The van der Waals surface area contributed by atoms with Crippen molar-refractivity contribution in [3.05, 3.63) is 29.8 Å². The summed E-state index contributed by atoms with van der Waals surface area (Å²) in [4.78, 5) is 10.9. The highest BCUT2D eigenvalue weighted by Crippen LogP contribution is 2.16. The smallest absolute Gasteiger partial charge is 0.344 e. The molecule has 0 radical (unpaired) electrons. The van der Waals surface area contributed by atoms with Crippen LogP contribution < -0.4 is 4.74 Å². The summed E-state index contributed by atoms with van der Waals surface area (Å²) < 4.78 is 5.40. The molecule has 1 rings (SSSR count). The summed E-state index contributed by atoms with van der Waals surface area (Å²) in [5.74, 6) is -0.283. The summed E-state index contributed by atoms with van der Waals surface area (Å²) in [5, 5.41) is 8.91. The number of hydrogen-bond donors (Lipinski definition) is 1. The Bertz CT molecular complexity index is 333. The minimum atomic E-state index is -0.904. The Hall–Kier alpha value is -1.51. The minimum Gasteiger partial charge on any atom is -0.479 e. The van der Waals surface area contributed by atoms with E-state index < -0.39 is 12.1 Å². The Morgan fingerprint density at radius 1 is 1.53 bits per heavy atom.